The molecule has 0 unspecified atom stereocenters. The van der Waals surface area contributed by atoms with E-state index in [9.17, 15) is 4.79 Å². The molecule has 6 heteroatoms. The molecule has 2 heterocycles. The Morgan fingerprint density at radius 3 is 3.12 bits per heavy atom. The number of ether oxygens (including phenoxy) is 1. The lowest BCUT2D eigenvalue weighted by Crippen LogP contribution is -2.16. The molecule has 0 saturated heterocycles. The quantitative estimate of drug-likeness (QED) is 0.807. The van der Waals surface area contributed by atoms with Crippen LogP contribution >= 0.6 is 0 Å². The second-order valence-corrected chi connectivity index (χ2v) is 3.39. The zero-order valence-corrected chi connectivity index (χ0v) is 9.42. The predicted molar refractivity (Wildman–Crippen MR) is 61.0 cm³/mol. The van der Waals surface area contributed by atoms with Crippen molar-refractivity contribution in [2.24, 2.45) is 0 Å². The monoisotopic (exact) mass is 235 g/mol. The van der Waals surface area contributed by atoms with Crippen molar-refractivity contribution in [3.63, 3.8) is 0 Å². The maximum absolute atomic E-state index is 11.3. The van der Waals surface area contributed by atoms with E-state index in [1.54, 1.807) is 31.4 Å². The van der Waals surface area contributed by atoms with Gasteiger partial charge in [0.1, 0.15) is 18.1 Å². The van der Waals surface area contributed by atoms with Crippen molar-refractivity contribution in [1.29, 1.82) is 0 Å². The van der Waals surface area contributed by atoms with Gasteiger partial charge in [-0.15, -0.1) is 0 Å². The minimum absolute atomic E-state index is 0.000379. The van der Waals surface area contributed by atoms with Crippen LogP contribution in [0.1, 0.15) is 6.92 Å². The van der Waals surface area contributed by atoms with Crippen LogP contribution in [0, 0.1) is 0 Å². The van der Waals surface area contributed by atoms with Gasteiger partial charge < -0.3 is 14.9 Å². The largest absolute Gasteiger partial charge is 0.465 e. The maximum atomic E-state index is 11.3. The lowest BCUT2D eigenvalue weighted by molar-refractivity contribution is -0.143. The molecule has 0 amide bonds. The molecule has 0 aliphatic carbocycles. The molecule has 0 aliphatic rings. The molecule has 90 valence electrons. The van der Waals surface area contributed by atoms with Crippen LogP contribution in [-0.2, 0) is 16.1 Å². The highest BCUT2D eigenvalue weighted by Gasteiger charge is 2.12. The number of nitrogen functional groups attached to an aromatic ring is 1. The SMILES string of the molecule is CCOC(=O)Cn1nc(-c2ccco2)cc1N. The maximum Gasteiger partial charge on any atom is 0.327 e. The van der Waals surface area contributed by atoms with Gasteiger partial charge in [0.15, 0.2) is 5.76 Å². The third-order valence-electron chi connectivity index (χ3n) is 2.17. The number of rotatable bonds is 4. The summed E-state index contributed by atoms with van der Waals surface area (Å²) in [5.74, 6) is 0.636. The lowest BCUT2D eigenvalue weighted by Gasteiger charge is -2.03. The van der Waals surface area contributed by atoms with Gasteiger partial charge in [-0.05, 0) is 19.1 Å². The summed E-state index contributed by atoms with van der Waals surface area (Å²) in [5, 5.41) is 4.17. The molecule has 0 aromatic carbocycles. The van der Waals surface area contributed by atoms with E-state index in [1.165, 1.54) is 4.68 Å². The highest BCUT2D eigenvalue weighted by Crippen LogP contribution is 2.20. The smallest absolute Gasteiger partial charge is 0.327 e. The average molecular weight is 235 g/mol. The van der Waals surface area contributed by atoms with Crippen LogP contribution in [0.25, 0.3) is 11.5 Å². The summed E-state index contributed by atoms with van der Waals surface area (Å²) in [6.45, 7) is 2.09. The van der Waals surface area contributed by atoms with Crippen LogP contribution in [0.5, 0.6) is 0 Å². The van der Waals surface area contributed by atoms with E-state index < -0.39 is 0 Å². The Bertz CT molecular complexity index is 502. The van der Waals surface area contributed by atoms with Crippen LogP contribution in [0.3, 0.4) is 0 Å². The van der Waals surface area contributed by atoms with Crippen LogP contribution in [0.15, 0.2) is 28.9 Å². The van der Waals surface area contributed by atoms with Gasteiger partial charge in [0, 0.05) is 6.07 Å². The number of anilines is 1. The summed E-state index contributed by atoms with van der Waals surface area (Å²) in [7, 11) is 0. The van der Waals surface area contributed by atoms with Crippen molar-refractivity contribution in [3.8, 4) is 11.5 Å². The van der Waals surface area contributed by atoms with Crippen molar-refractivity contribution >= 4 is 11.8 Å². The van der Waals surface area contributed by atoms with Crippen molar-refractivity contribution in [3.05, 3.63) is 24.5 Å². The third-order valence-corrected chi connectivity index (χ3v) is 2.17. The summed E-state index contributed by atoms with van der Waals surface area (Å²) >= 11 is 0. The molecule has 2 aromatic rings. The summed E-state index contributed by atoms with van der Waals surface area (Å²) in [5.41, 5.74) is 6.34. The van der Waals surface area contributed by atoms with Crippen LogP contribution in [-0.4, -0.2) is 22.4 Å². The Labute approximate surface area is 98.0 Å². The molecule has 17 heavy (non-hydrogen) atoms. The number of nitrogens with two attached hydrogens (primary N) is 1. The fraction of sp³-hybridized carbons (Fsp3) is 0.273. The zero-order valence-electron chi connectivity index (χ0n) is 9.42. The second-order valence-electron chi connectivity index (χ2n) is 3.39. The minimum Gasteiger partial charge on any atom is -0.465 e. The normalized spacial score (nSPS) is 10.4. The van der Waals surface area contributed by atoms with E-state index in [1.807, 2.05) is 0 Å². The molecular formula is C11H13N3O3. The molecule has 2 aromatic heterocycles. The summed E-state index contributed by atoms with van der Waals surface area (Å²) in [6.07, 6.45) is 1.55. The van der Waals surface area contributed by atoms with Crippen molar-refractivity contribution in [1.82, 2.24) is 9.78 Å². The standard InChI is InChI=1S/C11H13N3O3/c1-2-16-11(15)7-14-10(12)6-8(13-14)9-4-3-5-17-9/h3-6H,2,7,12H2,1H3. The van der Waals surface area contributed by atoms with Gasteiger partial charge in [-0.2, -0.15) is 5.10 Å². The third kappa shape index (κ3) is 2.47. The molecule has 0 radical (unpaired) electrons. The number of furan rings is 1. The first-order valence-corrected chi connectivity index (χ1v) is 5.23. The lowest BCUT2D eigenvalue weighted by atomic mass is 10.3. The van der Waals surface area contributed by atoms with Gasteiger partial charge >= 0.3 is 5.97 Å². The molecule has 6 nitrogen and oxygen atoms in total. The molecule has 0 spiro atoms. The summed E-state index contributed by atoms with van der Waals surface area (Å²) in [6, 6.07) is 5.18. The van der Waals surface area contributed by atoms with Gasteiger partial charge in [-0.3, -0.25) is 4.79 Å². The highest BCUT2D eigenvalue weighted by atomic mass is 16.5. The number of carbonyl (C=O) groups excluding carboxylic acids is 1. The molecule has 0 atom stereocenters. The Kier molecular flexibility index (Phi) is 3.13. The van der Waals surface area contributed by atoms with Gasteiger partial charge in [0.25, 0.3) is 0 Å². The van der Waals surface area contributed by atoms with Gasteiger partial charge in [-0.1, -0.05) is 0 Å². The topological polar surface area (TPSA) is 83.3 Å². The Hall–Kier alpha value is -2.24. The van der Waals surface area contributed by atoms with Crippen molar-refractivity contribution in [2.75, 3.05) is 12.3 Å². The second kappa shape index (κ2) is 4.73. The van der Waals surface area contributed by atoms with Crippen molar-refractivity contribution < 1.29 is 13.9 Å². The Balaban J connectivity index is 2.17. The summed E-state index contributed by atoms with van der Waals surface area (Å²) < 4.78 is 11.4. The van der Waals surface area contributed by atoms with Crippen LogP contribution in [0.4, 0.5) is 5.82 Å². The molecular weight excluding hydrogens is 222 g/mol. The molecule has 0 aliphatic heterocycles. The first-order valence-electron chi connectivity index (χ1n) is 5.23. The molecule has 0 fully saturated rings. The van der Waals surface area contributed by atoms with E-state index in [-0.39, 0.29) is 12.5 Å². The van der Waals surface area contributed by atoms with Crippen molar-refractivity contribution in [2.45, 2.75) is 13.5 Å². The van der Waals surface area contributed by atoms with Gasteiger partial charge in [0.05, 0.1) is 12.9 Å². The van der Waals surface area contributed by atoms with E-state index in [0.717, 1.165) is 0 Å². The van der Waals surface area contributed by atoms with Crippen LogP contribution < -0.4 is 5.73 Å². The summed E-state index contributed by atoms with van der Waals surface area (Å²) in [4.78, 5) is 11.3. The number of hydrogen-bond acceptors (Lipinski definition) is 5. The predicted octanol–water partition coefficient (Wildman–Crippen LogP) is 1.29. The molecule has 2 N–H and O–H groups in total. The van der Waals surface area contributed by atoms with Gasteiger partial charge in [-0.25, -0.2) is 4.68 Å². The Morgan fingerprint density at radius 1 is 1.65 bits per heavy atom. The fourth-order valence-corrected chi connectivity index (χ4v) is 1.43. The zero-order chi connectivity index (χ0) is 12.3. The number of nitrogens with zero attached hydrogens (tertiary/aromatic N) is 2. The highest BCUT2D eigenvalue weighted by molar-refractivity contribution is 5.70. The number of aromatic nitrogens is 2. The number of esters is 1. The number of carbonyl (C=O) groups is 1. The minimum atomic E-state index is -0.367. The molecule has 2 rings (SSSR count). The van der Waals surface area contributed by atoms with E-state index >= 15 is 0 Å². The average Bonchev–Trinajstić information content (AvgIpc) is 2.89. The van der Waals surface area contributed by atoms with Crippen LogP contribution in [0.2, 0.25) is 0 Å². The number of hydrogen-bond donors (Lipinski definition) is 1. The first-order chi connectivity index (χ1) is 8.20. The Morgan fingerprint density at radius 2 is 2.47 bits per heavy atom. The van der Waals surface area contributed by atoms with Gasteiger partial charge in [0.2, 0.25) is 0 Å². The van der Waals surface area contributed by atoms with E-state index in [4.69, 9.17) is 14.9 Å². The fourth-order valence-electron chi connectivity index (χ4n) is 1.43. The van der Waals surface area contributed by atoms with E-state index in [2.05, 4.69) is 5.10 Å². The molecule has 0 saturated carbocycles. The van der Waals surface area contributed by atoms with E-state index in [0.29, 0.717) is 23.9 Å². The molecule has 0 bridgehead atoms. The first kappa shape index (κ1) is 11.3.